The highest BCUT2D eigenvalue weighted by Gasteiger charge is 1.95. The van der Waals surface area contributed by atoms with E-state index >= 15 is 0 Å². The predicted molar refractivity (Wildman–Crippen MR) is 48.7 cm³/mol. The van der Waals surface area contributed by atoms with Crippen LogP contribution in [0.25, 0.3) is 0 Å². The van der Waals surface area contributed by atoms with Crippen molar-refractivity contribution in [1.82, 2.24) is 0 Å². The summed E-state index contributed by atoms with van der Waals surface area (Å²) in [6.45, 7) is 5.54. The van der Waals surface area contributed by atoms with Crippen molar-refractivity contribution in [3.63, 3.8) is 0 Å². The van der Waals surface area contributed by atoms with Gasteiger partial charge in [-0.2, -0.15) is 0 Å². The van der Waals surface area contributed by atoms with E-state index in [0.717, 1.165) is 5.57 Å². The van der Waals surface area contributed by atoms with Crippen molar-refractivity contribution in [3.05, 3.63) is 24.3 Å². The first-order chi connectivity index (χ1) is 5.20. The quantitative estimate of drug-likeness (QED) is 0.313. The summed E-state index contributed by atoms with van der Waals surface area (Å²) in [5.41, 5.74) is 0.944. The molecule has 0 heterocycles. The van der Waals surface area contributed by atoms with E-state index in [9.17, 15) is 4.79 Å². The van der Waals surface area contributed by atoms with E-state index in [-0.39, 0.29) is 12.6 Å². The van der Waals surface area contributed by atoms with Crippen molar-refractivity contribution in [2.45, 2.75) is 6.92 Å². The normalized spacial score (nSPS) is 10.9. The molecule has 0 spiro atoms. The van der Waals surface area contributed by atoms with E-state index in [1.54, 1.807) is 0 Å². The van der Waals surface area contributed by atoms with E-state index in [1.165, 1.54) is 12.2 Å². The largest absolute Gasteiger partial charge is 0.458 e. The first-order valence-corrected chi connectivity index (χ1v) is 4.33. The molecule has 0 aromatic rings. The first-order valence-electron chi connectivity index (χ1n) is 3.21. The average molecular weight is 219 g/mol. The summed E-state index contributed by atoms with van der Waals surface area (Å²) < 4.78 is 4.71. The molecule has 0 saturated heterocycles. The smallest absolute Gasteiger partial charge is 0.331 e. The minimum atomic E-state index is -0.318. The molecule has 0 amide bonds. The number of carbonyl (C=O) groups is 1. The number of hydrogen-bond donors (Lipinski definition) is 0. The van der Waals surface area contributed by atoms with Crippen molar-refractivity contribution < 1.29 is 9.53 Å². The van der Waals surface area contributed by atoms with Gasteiger partial charge in [-0.25, -0.2) is 4.79 Å². The van der Waals surface area contributed by atoms with Gasteiger partial charge < -0.3 is 4.74 Å². The standard InChI is InChI=1S/C8H11BrO2/c1-3-4-11-8(10)5-7(2)6-9/h3,5H,1,4,6H2,2H3. The van der Waals surface area contributed by atoms with Crippen LogP contribution in [-0.4, -0.2) is 17.9 Å². The number of rotatable bonds is 4. The maximum atomic E-state index is 10.8. The molecule has 0 unspecified atom stereocenters. The van der Waals surface area contributed by atoms with Crippen LogP contribution in [0, 0.1) is 0 Å². The second kappa shape index (κ2) is 6.16. The molecule has 0 bridgehead atoms. The number of hydrogen-bond acceptors (Lipinski definition) is 2. The number of esters is 1. The summed E-state index contributed by atoms with van der Waals surface area (Å²) in [4.78, 5) is 10.8. The number of halogens is 1. The molecule has 0 aromatic heterocycles. The third kappa shape index (κ3) is 5.85. The van der Waals surface area contributed by atoms with Crippen molar-refractivity contribution in [3.8, 4) is 0 Å². The van der Waals surface area contributed by atoms with Crippen LogP contribution in [0.15, 0.2) is 24.3 Å². The molecule has 11 heavy (non-hydrogen) atoms. The summed E-state index contributed by atoms with van der Waals surface area (Å²) in [5.74, 6) is -0.318. The van der Waals surface area contributed by atoms with Crippen LogP contribution in [-0.2, 0) is 9.53 Å². The average Bonchev–Trinajstić information content (AvgIpc) is 2.00. The summed E-state index contributed by atoms with van der Waals surface area (Å²) >= 11 is 3.22. The van der Waals surface area contributed by atoms with Crippen molar-refractivity contribution >= 4 is 21.9 Å². The fraction of sp³-hybridized carbons (Fsp3) is 0.375. The van der Waals surface area contributed by atoms with Crippen LogP contribution < -0.4 is 0 Å². The van der Waals surface area contributed by atoms with Crippen molar-refractivity contribution in [2.24, 2.45) is 0 Å². The lowest BCUT2D eigenvalue weighted by atomic mass is 10.3. The Morgan fingerprint density at radius 1 is 1.73 bits per heavy atom. The van der Waals surface area contributed by atoms with E-state index < -0.39 is 0 Å². The van der Waals surface area contributed by atoms with Crippen LogP contribution in [0.5, 0.6) is 0 Å². The maximum Gasteiger partial charge on any atom is 0.331 e. The first kappa shape index (κ1) is 10.4. The molecule has 0 aliphatic heterocycles. The Bertz CT molecular complexity index is 173. The second-order valence-electron chi connectivity index (χ2n) is 2.04. The Kier molecular flexibility index (Phi) is 5.84. The molecular weight excluding hydrogens is 208 g/mol. The number of carbonyl (C=O) groups excluding carboxylic acids is 1. The molecule has 0 N–H and O–H groups in total. The van der Waals surface area contributed by atoms with Gasteiger partial charge in [-0.3, -0.25) is 0 Å². The fourth-order valence-corrected chi connectivity index (χ4v) is 0.584. The van der Waals surface area contributed by atoms with Crippen molar-refractivity contribution in [2.75, 3.05) is 11.9 Å². The van der Waals surface area contributed by atoms with Gasteiger partial charge in [0.1, 0.15) is 6.61 Å². The van der Waals surface area contributed by atoms with Gasteiger partial charge in [-0.1, -0.05) is 34.2 Å². The number of alkyl halides is 1. The maximum absolute atomic E-state index is 10.8. The third-order valence-corrected chi connectivity index (χ3v) is 1.80. The Labute approximate surface area is 75.1 Å². The third-order valence-electron chi connectivity index (χ3n) is 0.918. The summed E-state index contributed by atoms with van der Waals surface area (Å²) in [7, 11) is 0. The zero-order chi connectivity index (χ0) is 8.69. The van der Waals surface area contributed by atoms with Gasteiger partial charge in [0, 0.05) is 11.4 Å². The van der Waals surface area contributed by atoms with E-state index in [1.807, 2.05) is 6.92 Å². The molecule has 0 fully saturated rings. The highest BCUT2D eigenvalue weighted by Crippen LogP contribution is 1.97. The molecule has 3 heteroatoms. The molecule has 0 rings (SSSR count). The molecule has 0 aromatic carbocycles. The molecule has 62 valence electrons. The second-order valence-corrected chi connectivity index (χ2v) is 2.60. The number of allylic oxidation sites excluding steroid dienone is 1. The summed E-state index contributed by atoms with van der Waals surface area (Å²) in [5, 5.41) is 0.691. The minimum absolute atomic E-state index is 0.269. The van der Waals surface area contributed by atoms with Crippen LogP contribution >= 0.6 is 15.9 Å². The SMILES string of the molecule is C=CCOC(=O)C=C(C)CBr. The fourth-order valence-electron chi connectivity index (χ4n) is 0.422. The van der Waals surface area contributed by atoms with Gasteiger partial charge in [0.25, 0.3) is 0 Å². The van der Waals surface area contributed by atoms with Crippen LogP contribution in [0.2, 0.25) is 0 Å². The van der Waals surface area contributed by atoms with E-state index in [0.29, 0.717) is 5.33 Å². The van der Waals surface area contributed by atoms with Gasteiger partial charge in [-0.15, -0.1) is 0 Å². The van der Waals surface area contributed by atoms with Gasteiger partial charge in [0.05, 0.1) is 0 Å². The van der Waals surface area contributed by atoms with Crippen molar-refractivity contribution in [1.29, 1.82) is 0 Å². The van der Waals surface area contributed by atoms with Gasteiger partial charge in [-0.05, 0) is 6.92 Å². The molecular formula is C8H11BrO2. The highest BCUT2D eigenvalue weighted by atomic mass is 79.9. The lowest BCUT2D eigenvalue weighted by Crippen LogP contribution is -2.01. The molecule has 0 atom stereocenters. The molecule has 0 radical (unpaired) electrons. The van der Waals surface area contributed by atoms with Gasteiger partial charge in [0.15, 0.2) is 0 Å². The predicted octanol–water partition coefficient (Wildman–Crippen LogP) is 2.06. The lowest BCUT2D eigenvalue weighted by Gasteiger charge is -1.96. The van der Waals surface area contributed by atoms with E-state index in [4.69, 9.17) is 4.74 Å². The van der Waals surface area contributed by atoms with Crippen LogP contribution in [0.3, 0.4) is 0 Å². The zero-order valence-corrected chi connectivity index (χ0v) is 8.06. The Morgan fingerprint density at radius 3 is 2.82 bits per heavy atom. The van der Waals surface area contributed by atoms with Gasteiger partial charge in [0.2, 0.25) is 0 Å². The zero-order valence-electron chi connectivity index (χ0n) is 6.47. The Morgan fingerprint density at radius 2 is 2.36 bits per heavy atom. The molecule has 0 aliphatic rings. The number of ether oxygens (including phenoxy) is 1. The highest BCUT2D eigenvalue weighted by molar-refractivity contribution is 9.09. The van der Waals surface area contributed by atoms with Gasteiger partial charge >= 0.3 is 5.97 Å². The van der Waals surface area contributed by atoms with E-state index in [2.05, 4.69) is 22.5 Å². The monoisotopic (exact) mass is 218 g/mol. The Balaban J connectivity index is 3.76. The molecule has 2 nitrogen and oxygen atoms in total. The summed E-state index contributed by atoms with van der Waals surface area (Å²) in [6, 6.07) is 0. The minimum Gasteiger partial charge on any atom is -0.458 e. The lowest BCUT2D eigenvalue weighted by molar-refractivity contribution is -0.136. The Hall–Kier alpha value is -0.570. The topological polar surface area (TPSA) is 26.3 Å². The van der Waals surface area contributed by atoms with Crippen LogP contribution in [0.1, 0.15) is 6.92 Å². The summed E-state index contributed by atoms with van der Waals surface area (Å²) in [6.07, 6.45) is 2.99. The van der Waals surface area contributed by atoms with Crippen LogP contribution in [0.4, 0.5) is 0 Å². The molecule has 0 aliphatic carbocycles. The molecule has 0 saturated carbocycles.